The van der Waals surface area contributed by atoms with Gasteiger partial charge in [-0.15, -0.1) is 0 Å². The van der Waals surface area contributed by atoms with Gasteiger partial charge in [-0.1, -0.05) is 24.3 Å². The summed E-state index contributed by atoms with van der Waals surface area (Å²) in [5.74, 6) is -3.04. The Kier molecular flexibility index (Phi) is 7.64. The van der Waals surface area contributed by atoms with Crippen molar-refractivity contribution in [2.24, 2.45) is 0 Å². The molecule has 0 saturated carbocycles. The Morgan fingerprint density at radius 2 is 1.70 bits per heavy atom. The van der Waals surface area contributed by atoms with Gasteiger partial charge in [-0.05, 0) is 62.2 Å². The maximum Gasteiger partial charge on any atom is 0.275 e. The minimum absolute atomic E-state index is 0.0836. The van der Waals surface area contributed by atoms with Gasteiger partial charge in [0.15, 0.2) is 23.1 Å². The number of pyridine rings is 1. The Labute approximate surface area is 283 Å². The van der Waals surface area contributed by atoms with E-state index >= 15 is 8.78 Å². The summed E-state index contributed by atoms with van der Waals surface area (Å²) in [6, 6.07) is 16.4. The van der Waals surface area contributed by atoms with Crippen molar-refractivity contribution in [1.82, 2.24) is 34.9 Å². The van der Waals surface area contributed by atoms with Gasteiger partial charge in [0.1, 0.15) is 29.2 Å². The number of benzene rings is 3. The third kappa shape index (κ3) is 5.45. The molecule has 1 amide bonds. The molecule has 5 heterocycles. The average Bonchev–Trinajstić information content (AvgIpc) is 3.67. The van der Waals surface area contributed by atoms with Gasteiger partial charge in [0.05, 0.1) is 21.6 Å². The first kappa shape index (κ1) is 31.6. The van der Waals surface area contributed by atoms with E-state index in [0.717, 1.165) is 31.0 Å². The third-order valence-corrected chi connectivity index (χ3v) is 10.6. The van der Waals surface area contributed by atoms with Gasteiger partial charge in [0.25, 0.3) is 15.9 Å². The van der Waals surface area contributed by atoms with Crippen LogP contribution >= 0.6 is 0 Å². The molecular formula is C34H28F3N9O3S. The van der Waals surface area contributed by atoms with Crippen LogP contribution in [0.4, 0.5) is 30.4 Å². The number of para-hydroxylation sites is 1. The number of carbonyl (C=O) groups excluding carboxylic acids is 1. The minimum Gasteiger partial charge on any atom is -0.334 e. The Hall–Kier alpha value is -5.61. The van der Waals surface area contributed by atoms with Crippen LogP contribution in [0.3, 0.4) is 0 Å². The van der Waals surface area contributed by atoms with Crippen LogP contribution in [-0.4, -0.2) is 69.1 Å². The molecule has 16 heteroatoms. The lowest BCUT2D eigenvalue weighted by Crippen LogP contribution is -2.53. The molecule has 2 aliphatic heterocycles. The summed E-state index contributed by atoms with van der Waals surface area (Å²) in [5.41, 5.74) is -0.0997. The summed E-state index contributed by atoms with van der Waals surface area (Å²) in [6.45, 7) is 2.47. The van der Waals surface area contributed by atoms with E-state index in [2.05, 4.69) is 25.3 Å². The number of sulfonamides is 1. The number of halogens is 3. The Morgan fingerprint density at radius 3 is 2.50 bits per heavy atom. The molecule has 12 nitrogen and oxygen atoms in total. The monoisotopic (exact) mass is 699 g/mol. The van der Waals surface area contributed by atoms with E-state index in [9.17, 15) is 17.6 Å². The first-order valence-corrected chi connectivity index (χ1v) is 17.2. The van der Waals surface area contributed by atoms with Crippen LogP contribution in [0.2, 0.25) is 0 Å². The number of nitrogens with one attached hydrogen (secondary N) is 3. The van der Waals surface area contributed by atoms with Crippen LogP contribution in [0.1, 0.15) is 28.9 Å². The molecule has 2 saturated heterocycles. The van der Waals surface area contributed by atoms with Crippen molar-refractivity contribution in [3.05, 3.63) is 102 Å². The number of fused-ring (bicyclic) bond motifs is 4. The molecule has 8 rings (SSSR count). The predicted octanol–water partition coefficient (Wildman–Crippen LogP) is 5.21. The van der Waals surface area contributed by atoms with E-state index in [1.165, 1.54) is 30.1 Å². The fraction of sp³-hybridized carbons (Fsp3) is 0.206. The number of piperazine rings is 1. The maximum atomic E-state index is 15.8. The van der Waals surface area contributed by atoms with Crippen molar-refractivity contribution in [3.8, 4) is 5.82 Å². The van der Waals surface area contributed by atoms with Crippen LogP contribution < -0.4 is 15.4 Å². The smallest absolute Gasteiger partial charge is 0.275 e. The van der Waals surface area contributed by atoms with Crippen molar-refractivity contribution in [2.75, 3.05) is 23.1 Å². The molecule has 0 radical (unpaired) electrons. The second-order valence-corrected chi connectivity index (χ2v) is 13.9. The summed E-state index contributed by atoms with van der Waals surface area (Å²) >= 11 is 0. The third-order valence-electron chi connectivity index (χ3n) is 9.06. The van der Waals surface area contributed by atoms with Gasteiger partial charge < -0.3 is 15.5 Å². The highest BCUT2D eigenvalue weighted by Crippen LogP contribution is 2.33. The number of hydrogen-bond donors (Lipinski definition) is 3. The summed E-state index contributed by atoms with van der Waals surface area (Å²) in [5, 5.41) is 11.5. The quantitative estimate of drug-likeness (QED) is 0.204. The second-order valence-electron chi connectivity index (χ2n) is 12.3. The van der Waals surface area contributed by atoms with Gasteiger partial charge in [0.2, 0.25) is 0 Å². The summed E-state index contributed by atoms with van der Waals surface area (Å²) in [6.07, 6.45) is 3.22. The van der Waals surface area contributed by atoms with E-state index in [0.29, 0.717) is 35.3 Å². The van der Waals surface area contributed by atoms with Crippen LogP contribution in [0, 0.1) is 24.4 Å². The second kappa shape index (κ2) is 12.1. The predicted molar refractivity (Wildman–Crippen MR) is 179 cm³/mol. The zero-order valence-electron chi connectivity index (χ0n) is 26.4. The lowest BCUT2D eigenvalue weighted by atomic mass is 10.1. The topological polar surface area (TPSA) is 147 Å². The number of anilines is 3. The molecule has 2 aliphatic rings. The molecule has 50 heavy (non-hydrogen) atoms. The van der Waals surface area contributed by atoms with E-state index in [1.807, 2.05) is 29.2 Å². The Bertz CT molecular complexity index is 2450. The average molecular weight is 700 g/mol. The standard InChI is InChI=1S/C34H28F3N9O3S/c1-18-22(35)6-4-8-27(18)50(48,49)44-24-12-11-23(36)31(29(24)37)42-33-32-25(38-17-39-33)13-14-28(41-32)46-26-7-3-2-5-21(26)30(43-46)34(47)45-15-19-9-10-20(16-45)40-19/h2-8,11-14,17,19-20,40,44H,9-10,15-16H2,1H3,(H,38,39,42). The van der Waals surface area contributed by atoms with E-state index in [4.69, 9.17) is 10.1 Å². The molecule has 2 fully saturated rings. The molecule has 6 aromatic rings. The maximum absolute atomic E-state index is 15.8. The normalized spacial score (nSPS) is 17.4. The molecular weight excluding hydrogens is 671 g/mol. The van der Waals surface area contributed by atoms with Gasteiger partial charge in [-0.3, -0.25) is 9.52 Å². The Balaban J connectivity index is 1.15. The molecule has 2 unspecified atom stereocenters. The summed E-state index contributed by atoms with van der Waals surface area (Å²) in [7, 11) is -4.45. The van der Waals surface area contributed by atoms with Crippen molar-refractivity contribution in [1.29, 1.82) is 0 Å². The highest BCUT2D eigenvalue weighted by Gasteiger charge is 2.36. The molecule has 3 N–H and O–H groups in total. The number of hydrogen-bond acceptors (Lipinski definition) is 9. The molecule has 2 bridgehead atoms. The largest absolute Gasteiger partial charge is 0.334 e. The van der Waals surface area contributed by atoms with Gasteiger partial charge in [-0.25, -0.2) is 41.2 Å². The molecule has 0 aliphatic carbocycles. The fourth-order valence-corrected chi connectivity index (χ4v) is 7.91. The van der Waals surface area contributed by atoms with Crippen molar-refractivity contribution in [2.45, 2.75) is 36.7 Å². The number of rotatable bonds is 7. The lowest BCUT2D eigenvalue weighted by molar-refractivity contribution is 0.0693. The van der Waals surface area contributed by atoms with Crippen molar-refractivity contribution >= 4 is 55.1 Å². The molecule has 2 atom stereocenters. The molecule has 254 valence electrons. The Morgan fingerprint density at radius 1 is 0.920 bits per heavy atom. The fourth-order valence-electron chi connectivity index (χ4n) is 6.59. The number of likely N-dealkylation sites (tertiary alicyclic amines) is 1. The zero-order valence-corrected chi connectivity index (χ0v) is 27.2. The number of carbonyl (C=O) groups is 1. The van der Waals surface area contributed by atoms with E-state index < -0.39 is 43.7 Å². The highest BCUT2D eigenvalue weighted by molar-refractivity contribution is 7.92. The molecule has 3 aromatic carbocycles. The van der Waals surface area contributed by atoms with Gasteiger partial charge >= 0.3 is 0 Å². The first-order valence-electron chi connectivity index (χ1n) is 15.8. The summed E-state index contributed by atoms with van der Waals surface area (Å²) in [4.78, 5) is 28.3. The first-order chi connectivity index (χ1) is 24.1. The number of nitrogens with zero attached hydrogens (tertiary/aromatic N) is 6. The molecule has 0 spiro atoms. The number of aromatic nitrogens is 5. The van der Waals surface area contributed by atoms with Crippen LogP contribution in [0.15, 0.2) is 78.0 Å². The SMILES string of the molecule is Cc1c(F)cccc1S(=O)(=O)Nc1ccc(F)c(Nc2ncnc3ccc(-n4nc(C(=O)N5CC6CCC(C5)N6)c5ccccc54)nc23)c1F. The van der Waals surface area contributed by atoms with E-state index in [1.54, 1.807) is 12.1 Å². The van der Waals surface area contributed by atoms with Crippen molar-refractivity contribution < 1.29 is 26.4 Å². The molecule has 3 aromatic heterocycles. The van der Waals surface area contributed by atoms with Gasteiger partial charge in [0, 0.05) is 36.1 Å². The summed E-state index contributed by atoms with van der Waals surface area (Å²) < 4.78 is 74.8. The number of amides is 1. The zero-order chi connectivity index (χ0) is 34.7. The lowest BCUT2D eigenvalue weighted by Gasteiger charge is -2.32. The highest BCUT2D eigenvalue weighted by atomic mass is 32.2. The van der Waals surface area contributed by atoms with Crippen LogP contribution in [0.25, 0.3) is 27.8 Å². The minimum atomic E-state index is -4.45. The van der Waals surface area contributed by atoms with Crippen molar-refractivity contribution in [3.63, 3.8) is 0 Å². The van der Waals surface area contributed by atoms with Crippen LogP contribution in [0.5, 0.6) is 0 Å². The van der Waals surface area contributed by atoms with E-state index in [-0.39, 0.29) is 40.6 Å². The van der Waals surface area contributed by atoms with Crippen LogP contribution in [-0.2, 0) is 10.0 Å². The van der Waals surface area contributed by atoms with Gasteiger partial charge in [-0.2, -0.15) is 5.10 Å².